The Labute approximate surface area is 146 Å². The van der Waals surface area contributed by atoms with Crippen molar-refractivity contribution in [2.45, 2.75) is 51.0 Å². The molecular formula is C18H22N4O3. The highest BCUT2D eigenvalue weighted by molar-refractivity contribution is 5.89. The summed E-state index contributed by atoms with van der Waals surface area (Å²) in [6, 6.07) is 3.65. The molecule has 0 unspecified atom stereocenters. The van der Waals surface area contributed by atoms with Crippen molar-refractivity contribution in [3.63, 3.8) is 0 Å². The van der Waals surface area contributed by atoms with Crippen LogP contribution in [0.2, 0.25) is 0 Å². The van der Waals surface area contributed by atoms with E-state index in [-0.39, 0.29) is 6.61 Å². The van der Waals surface area contributed by atoms with E-state index in [1.54, 1.807) is 12.3 Å². The highest BCUT2D eigenvalue weighted by atomic mass is 16.5. The molecule has 0 aromatic carbocycles. The van der Waals surface area contributed by atoms with Gasteiger partial charge in [0.15, 0.2) is 6.61 Å². The van der Waals surface area contributed by atoms with E-state index in [1.165, 1.54) is 25.7 Å². The van der Waals surface area contributed by atoms with Crippen molar-refractivity contribution in [2.24, 2.45) is 0 Å². The van der Waals surface area contributed by atoms with Crippen molar-refractivity contribution >= 4 is 11.8 Å². The van der Waals surface area contributed by atoms with Crippen molar-refractivity contribution < 1.29 is 13.9 Å². The molecule has 0 bridgehead atoms. The lowest BCUT2D eigenvalue weighted by Gasteiger charge is -2.21. The van der Waals surface area contributed by atoms with Crippen LogP contribution in [0.4, 0.5) is 5.82 Å². The van der Waals surface area contributed by atoms with E-state index >= 15 is 0 Å². The normalized spacial score (nSPS) is 18.0. The Bertz CT molecular complexity index is 716. The first-order valence-electron chi connectivity index (χ1n) is 9.00. The summed E-state index contributed by atoms with van der Waals surface area (Å²) in [5.41, 5.74) is 0.431. The van der Waals surface area contributed by atoms with E-state index in [4.69, 9.17) is 9.15 Å². The summed E-state index contributed by atoms with van der Waals surface area (Å²) in [5.74, 6) is 1.87. The number of anilines is 1. The standard InChI is InChI=1S/C18H22N4O3/c23-18(24-12-16-20-21-17(25-16)13-5-6-13)14-7-8-15(19-11-14)22-9-3-1-2-4-10-22/h7-8,11,13H,1-6,9-10,12H2. The number of hydrogen-bond acceptors (Lipinski definition) is 7. The largest absolute Gasteiger partial charge is 0.452 e. The van der Waals surface area contributed by atoms with E-state index in [2.05, 4.69) is 20.1 Å². The van der Waals surface area contributed by atoms with Gasteiger partial charge < -0.3 is 14.1 Å². The van der Waals surface area contributed by atoms with E-state index in [9.17, 15) is 4.79 Å². The van der Waals surface area contributed by atoms with E-state index in [0.29, 0.717) is 23.3 Å². The average Bonchev–Trinajstić information content (AvgIpc) is 3.44. The predicted molar refractivity (Wildman–Crippen MR) is 90.3 cm³/mol. The Morgan fingerprint density at radius 2 is 1.96 bits per heavy atom. The summed E-state index contributed by atoms with van der Waals surface area (Å²) in [6.45, 7) is 2.04. The highest BCUT2D eigenvalue weighted by Gasteiger charge is 2.29. The summed E-state index contributed by atoms with van der Waals surface area (Å²) in [4.78, 5) is 18.9. The van der Waals surface area contributed by atoms with Crippen LogP contribution in [0.5, 0.6) is 0 Å². The third-order valence-electron chi connectivity index (χ3n) is 4.65. The molecule has 2 aromatic heterocycles. The molecule has 1 saturated heterocycles. The second-order valence-corrected chi connectivity index (χ2v) is 6.69. The monoisotopic (exact) mass is 342 g/mol. The topological polar surface area (TPSA) is 81.3 Å². The fourth-order valence-electron chi connectivity index (χ4n) is 3.02. The second kappa shape index (κ2) is 7.21. The summed E-state index contributed by atoms with van der Waals surface area (Å²) in [5, 5.41) is 7.89. The van der Waals surface area contributed by atoms with Crippen LogP contribution in [0.25, 0.3) is 0 Å². The molecule has 0 radical (unpaired) electrons. The van der Waals surface area contributed by atoms with Gasteiger partial charge in [0.25, 0.3) is 5.89 Å². The Hall–Kier alpha value is -2.44. The minimum absolute atomic E-state index is 0.00751. The molecular weight excluding hydrogens is 320 g/mol. The second-order valence-electron chi connectivity index (χ2n) is 6.69. The Morgan fingerprint density at radius 3 is 2.64 bits per heavy atom. The maximum Gasteiger partial charge on any atom is 0.340 e. The van der Waals surface area contributed by atoms with Crippen molar-refractivity contribution in [3.8, 4) is 0 Å². The molecule has 1 aliphatic carbocycles. The van der Waals surface area contributed by atoms with E-state index < -0.39 is 5.97 Å². The average molecular weight is 342 g/mol. The molecule has 1 saturated carbocycles. The zero-order valence-electron chi connectivity index (χ0n) is 14.2. The fraction of sp³-hybridized carbons (Fsp3) is 0.556. The zero-order chi connectivity index (χ0) is 17.1. The Morgan fingerprint density at radius 1 is 1.16 bits per heavy atom. The minimum atomic E-state index is -0.430. The third-order valence-corrected chi connectivity index (χ3v) is 4.65. The van der Waals surface area contributed by atoms with Gasteiger partial charge in [0.05, 0.1) is 5.56 Å². The van der Waals surface area contributed by atoms with Gasteiger partial charge in [-0.15, -0.1) is 10.2 Å². The molecule has 2 aliphatic rings. The van der Waals surface area contributed by atoms with Crippen LogP contribution >= 0.6 is 0 Å². The smallest absolute Gasteiger partial charge is 0.340 e. The number of nitrogens with zero attached hydrogens (tertiary/aromatic N) is 4. The van der Waals surface area contributed by atoms with Gasteiger partial charge in [-0.1, -0.05) is 12.8 Å². The summed E-state index contributed by atoms with van der Waals surface area (Å²) in [7, 11) is 0. The summed E-state index contributed by atoms with van der Waals surface area (Å²) < 4.78 is 10.7. The number of rotatable bonds is 5. The van der Waals surface area contributed by atoms with Crippen molar-refractivity contribution in [3.05, 3.63) is 35.7 Å². The summed E-state index contributed by atoms with van der Waals surface area (Å²) in [6.07, 6.45) is 8.70. The number of esters is 1. The molecule has 3 heterocycles. The molecule has 0 N–H and O–H groups in total. The lowest BCUT2D eigenvalue weighted by Crippen LogP contribution is -2.24. The molecule has 7 nitrogen and oxygen atoms in total. The summed E-state index contributed by atoms with van der Waals surface area (Å²) >= 11 is 0. The van der Waals surface area contributed by atoms with Gasteiger partial charge in [0, 0.05) is 25.2 Å². The van der Waals surface area contributed by atoms with Crippen LogP contribution in [0.15, 0.2) is 22.7 Å². The number of carbonyl (C=O) groups excluding carboxylic acids is 1. The number of ether oxygens (including phenoxy) is 1. The SMILES string of the molecule is O=C(OCc1nnc(C2CC2)o1)c1ccc(N2CCCCCC2)nc1. The molecule has 2 aromatic rings. The number of carbonyl (C=O) groups is 1. The van der Waals surface area contributed by atoms with Crippen molar-refractivity contribution in [1.82, 2.24) is 15.2 Å². The van der Waals surface area contributed by atoms with Gasteiger partial charge in [0.2, 0.25) is 5.89 Å². The van der Waals surface area contributed by atoms with E-state index in [0.717, 1.165) is 31.7 Å². The number of aromatic nitrogens is 3. The van der Waals surface area contributed by atoms with Crippen LogP contribution < -0.4 is 4.90 Å². The first kappa shape index (κ1) is 16.1. The van der Waals surface area contributed by atoms with Gasteiger partial charge in [-0.05, 0) is 37.8 Å². The maximum absolute atomic E-state index is 12.1. The molecule has 0 atom stereocenters. The van der Waals surface area contributed by atoms with Gasteiger partial charge in [-0.25, -0.2) is 9.78 Å². The van der Waals surface area contributed by atoms with Gasteiger partial charge in [-0.2, -0.15) is 0 Å². The maximum atomic E-state index is 12.1. The van der Waals surface area contributed by atoms with Gasteiger partial charge in [-0.3, -0.25) is 0 Å². The third kappa shape index (κ3) is 3.97. The van der Waals surface area contributed by atoms with E-state index in [1.807, 2.05) is 6.07 Å². The van der Waals surface area contributed by atoms with Gasteiger partial charge in [0.1, 0.15) is 5.82 Å². The van der Waals surface area contributed by atoms with Crippen LogP contribution in [0.3, 0.4) is 0 Å². The van der Waals surface area contributed by atoms with Gasteiger partial charge >= 0.3 is 5.97 Å². The molecule has 7 heteroatoms. The van der Waals surface area contributed by atoms with Crippen molar-refractivity contribution in [1.29, 1.82) is 0 Å². The lowest BCUT2D eigenvalue weighted by atomic mass is 10.2. The molecule has 1 aliphatic heterocycles. The first-order chi connectivity index (χ1) is 12.3. The molecule has 4 rings (SSSR count). The minimum Gasteiger partial charge on any atom is -0.452 e. The molecule has 0 spiro atoms. The Balaban J connectivity index is 1.33. The number of pyridine rings is 1. The Kier molecular flexibility index (Phi) is 4.63. The molecule has 132 valence electrons. The molecule has 2 fully saturated rings. The zero-order valence-corrected chi connectivity index (χ0v) is 14.2. The fourth-order valence-corrected chi connectivity index (χ4v) is 3.02. The van der Waals surface area contributed by atoms with Crippen LogP contribution in [0, 0.1) is 0 Å². The first-order valence-corrected chi connectivity index (χ1v) is 9.00. The van der Waals surface area contributed by atoms with Crippen LogP contribution in [-0.4, -0.2) is 34.2 Å². The van der Waals surface area contributed by atoms with Crippen LogP contribution in [-0.2, 0) is 11.3 Å². The molecule has 25 heavy (non-hydrogen) atoms. The highest BCUT2D eigenvalue weighted by Crippen LogP contribution is 2.39. The van der Waals surface area contributed by atoms with Crippen molar-refractivity contribution in [2.75, 3.05) is 18.0 Å². The lowest BCUT2D eigenvalue weighted by molar-refractivity contribution is 0.0436. The number of hydrogen-bond donors (Lipinski definition) is 0. The van der Waals surface area contributed by atoms with Crippen LogP contribution in [0.1, 0.15) is 66.6 Å². The molecule has 0 amide bonds. The quantitative estimate of drug-likeness (QED) is 0.772. The predicted octanol–water partition coefficient (Wildman–Crippen LogP) is 3.08.